The number of carbonyl (C=O) groups excluding carboxylic acids is 1. The molecule has 0 aliphatic carbocycles. The van der Waals surface area contributed by atoms with Crippen LogP contribution in [0.4, 0.5) is 0 Å². The van der Waals surface area contributed by atoms with Crippen LogP contribution < -0.4 is 4.74 Å². The van der Waals surface area contributed by atoms with Gasteiger partial charge in [-0.05, 0) is 37.5 Å². The summed E-state index contributed by atoms with van der Waals surface area (Å²) in [7, 11) is 1.64. The fourth-order valence-electron chi connectivity index (χ4n) is 1.80. The van der Waals surface area contributed by atoms with Crippen LogP contribution in [-0.2, 0) is 16.1 Å². The van der Waals surface area contributed by atoms with Gasteiger partial charge in [0.2, 0.25) is 0 Å². The molecule has 104 valence electrons. The van der Waals surface area contributed by atoms with E-state index in [9.17, 15) is 4.79 Å². The molecule has 3 heteroatoms. The Hall–Kier alpha value is -1.61. The Morgan fingerprint density at radius 1 is 1.32 bits per heavy atom. The lowest BCUT2D eigenvalue weighted by atomic mass is 9.96. The van der Waals surface area contributed by atoms with Crippen molar-refractivity contribution in [3.63, 3.8) is 0 Å². The lowest BCUT2D eigenvalue weighted by Gasteiger charge is -2.27. The third kappa shape index (κ3) is 5.26. The normalized spacial score (nSPS) is 13.6. The quantitative estimate of drug-likeness (QED) is 0.504. The molecule has 0 aromatic heterocycles. The lowest BCUT2D eigenvalue weighted by Crippen LogP contribution is -2.29. The molecule has 1 rings (SSSR count). The molecule has 0 heterocycles. The molecular formula is C16H22O3. The first-order valence-electron chi connectivity index (χ1n) is 6.45. The highest BCUT2D eigenvalue weighted by molar-refractivity contribution is 5.51. The summed E-state index contributed by atoms with van der Waals surface area (Å²) in [4.78, 5) is 10.8. The lowest BCUT2D eigenvalue weighted by molar-refractivity contribution is -0.116. The van der Waals surface area contributed by atoms with Crippen molar-refractivity contribution in [3.05, 3.63) is 42.5 Å². The van der Waals surface area contributed by atoms with Crippen molar-refractivity contribution in [2.24, 2.45) is 0 Å². The van der Waals surface area contributed by atoms with E-state index in [-0.39, 0.29) is 0 Å². The van der Waals surface area contributed by atoms with Crippen LogP contribution in [0.1, 0.15) is 31.7 Å². The first kappa shape index (κ1) is 15.4. The molecule has 0 saturated heterocycles. The molecule has 0 N–H and O–H groups in total. The molecular weight excluding hydrogens is 240 g/mol. The standard InChI is InChI=1S/C16H22O3/c1-4-5-10-16(2,11-12-17)19-13-14-6-8-15(18-3)9-7-14/h4,6-9,12H,1,5,10-11,13H2,2-3H3/t16-/m0/s1. The Balaban J connectivity index is 2.58. The zero-order chi connectivity index (χ0) is 14.1. The van der Waals surface area contributed by atoms with E-state index in [1.807, 2.05) is 37.3 Å². The summed E-state index contributed by atoms with van der Waals surface area (Å²) in [6.45, 7) is 6.16. The van der Waals surface area contributed by atoms with Crippen molar-refractivity contribution in [2.75, 3.05) is 7.11 Å². The van der Waals surface area contributed by atoms with Gasteiger partial charge in [0.1, 0.15) is 12.0 Å². The van der Waals surface area contributed by atoms with E-state index in [4.69, 9.17) is 9.47 Å². The van der Waals surface area contributed by atoms with Crippen LogP contribution in [-0.4, -0.2) is 19.0 Å². The van der Waals surface area contributed by atoms with E-state index in [1.54, 1.807) is 7.11 Å². The zero-order valence-corrected chi connectivity index (χ0v) is 11.7. The van der Waals surface area contributed by atoms with E-state index in [1.165, 1.54) is 0 Å². The Kier molecular flexibility index (Phi) is 6.30. The van der Waals surface area contributed by atoms with E-state index in [2.05, 4.69) is 6.58 Å². The van der Waals surface area contributed by atoms with Gasteiger partial charge in [-0.1, -0.05) is 18.2 Å². The predicted molar refractivity (Wildman–Crippen MR) is 76.3 cm³/mol. The van der Waals surface area contributed by atoms with Gasteiger partial charge in [-0.25, -0.2) is 0 Å². The molecule has 0 saturated carbocycles. The van der Waals surface area contributed by atoms with Crippen LogP contribution in [0.3, 0.4) is 0 Å². The minimum atomic E-state index is -0.421. The molecule has 19 heavy (non-hydrogen) atoms. The summed E-state index contributed by atoms with van der Waals surface area (Å²) in [5, 5.41) is 0. The van der Waals surface area contributed by atoms with Crippen LogP contribution >= 0.6 is 0 Å². The molecule has 0 unspecified atom stereocenters. The molecule has 3 nitrogen and oxygen atoms in total. The Morgan fingerprint density at radius 2 is 2.00 bits per heavy atom. The Labute approximate surface area is 115 Å². The van der Waals surface area contributed by atoms with Crippen LogP contribution in [0.15, 0.2) is 36.9 Å². The van der Waals surface area contributed by atoms with Crippen LogP contribution in [0.25, 0.3) is 0 Å². The molecule has 1 aromatic rings. The molecule has 1 aromatic carbocycles. The van der Waals surface area contributed by atoms with Gasteiger partial charge in [0.15, 0.2) is 0 Å². The summed E-state index contributed by atoms with van der Waals surface area (Å²) in [6, 6.07) is 7.74. The van der Waals surface area contributed by atoms with Crippen molar-refractivity contribution < 1.29 is 14.3 Å². The largest absolute Gasteiger partial charge is 0.497 e. The monoisotopic (exact) mass is 262 g/mol. The third-order valence-electron chi connectivity index (χ3n) is 3.14. The van der Waals surface area contributed by atoms with Gasteiger partial charge in [0.05, 0.1) is 19.3 Å². The summed E-state index contributed by atoms with van der Waals surface area (Å²) in [5.74, 6) is 0.825. The van der Waals surface area contributed by atoms with Gasteiger partial charge in [-0.3, -0.25) is 0 Å². The first-order valence-corrected chi connectivity index (χ1v) is 6.45. The molecule has 0 spiro atoms. The van der Waals surface area contributed by atoms with Crippen LogP contribution in [0.2, 0.25) is 0 Å². The van der Waals surface area contributed by atoms with Gasteiger partial charge < -0.3 is 14.3 Å². The number of allylic oxidation sites excluding steroid dienone is 1. The number of benzene rings is 1. The SMILES string of the molecule is C=CCC[C@@](C)(CC=O)OCc1ccc(OC)cc1. The zero-order valence-electron chi connectivity index (χ0n) is 11.7. The average Bonchev–Trinajstić information content (AvgIpc) is 2.44. The van der Waals surface area contributed by atoms with Crippen LogP contribution in [0.5, 0.6) is 5.75 Å². The maximum atomic E-state index is 10.8. The van der Waals surface area contributed by atoms with Gasteiger partial charge in [0, 0.05) is 6.42 Å². The second kappa shape index (κ2) is 7.74. The van der Waals surface area contributed by atoms with E-state index >= 15 is 0 Å². The second-order valence-electron chi connectivity index (χ2n) is 4.78. The highest BCUT2D eigenvalue weighted by atomic mass is 16.5. The topological polar surface area (TPSA) is 35.5 Å². The van der Waals surface area contributed by atoms with Gasteiger partial charge in [-0.2, -0.15) is 0 Å². The molecule has 0 amide bonds. The van der Waals surface area contributed by atoms with Gasteiger partial charge in [-0.15, -0.1) is 6.58 Å². The summed E-state index contributed by atoms with van der Waals surface area (Å²) in [6.07, 6.45) is 4.80. The van der Waals surface area contributed by atoms with Crippen molar-refractivity contribution in [1.82, 2.24) is 0 Å². The smallest absolute Gasteiger partial charge is 0.122 e. The fraction of sp³-hybridized carbons (Fsp3) is 0.438. The van der Waals surface area contributed by atoms with Crippen molar-refractivity contribution in [2.45, 2.75) is 38.4 Å². The predicted octanol–water partition coefficient (Wildman–Crippen LogP) is 3.53. The number of aldehydes is 1. The van der Waals surface area contributed by atoms with Gasteiger partial charge >= 0.3 is 0 Å². The number of ether oxygens (including phenoxy) is 2. The van der Waals surface area contributed by atoms with E-state index < -0.39 is 5.60 Å². The molecule has 0 aliphatic rings. The summed E-state index contributed by atoms with van der Waals surface area (Å²) < 4.78 is 11.0. The highest BCUT2D eigenvalue weighted by Gasteiger charge is 2.23. The fourth-order valence-corrected chi connectivity index (χ4v) is 1.80. The van der Waals surface area contributed by atoms with E-state index in [0.29, 0.717) is 13.0 Å². The highest BCUT2D eigenvalue weighted by Crippen LogP contribution is 2.23. The minimum absolute atomic E-state index is 0.400. The maximum Gasteiger partial charge on any atom is 0.122 e. The average molecular weight is 262 g/mol. The van der Waals surface area contributed by atoms with Gasteiger partial charge in [0.25, 0.3) is 0 Å². The summed E-state index contributed by atoms with van der Waals surface area (Å²) in [5.41, 5.74) is 0.645. The second-order valence-corrected chi connectivity index (χ2v) is 4.78. The third-order valence-corrected chi connectivity index (χ3v) is 3.14. The van der Waals surface area contributed by atoms with Crippen molar-refractivity contribution in [3.8, 4) is 5.75 Å². The van der Waals surface area contributed by atoms with Crippen molar-refractivity contribution >= 4 is 6.29 Å². The Bertz CT molecular complexity index is 397. The molecule has 0 aliphatic heterocycles. The Morgan fingerprint density at radius 3 is 2.53 bits per heavy atom. The number of rotatable bonds is 9. The molecule has 1 atom stereocenters. The minimum Gasteiger partial charge on any atom is -0.497 e. The maximum absolute atomic E-state index is 10.8. The van der Waals surface area contributed by atoms with Crippen LogP contribution in [0, 0.1) is 0 Å². The van der Waals surface area contributed by atoms with Crippen molar-refractivity contribution in [1.29, 1.82) is 0 Å². The molecule has 0 fully saturated rings. The number of hydrogen-bond acceptors (Lipinski definition) is 3. The number of carbonyl (C=O) groups is 1. The number of hydrogen-bond donors (Lipinski definition) is 0. The summed E-state index contributed by atoms with van der Waals surface area (Å²) >= 11 is 0. The van der Waals surface area contributed by atoms with E-state index in [0.717, 1.165) is 30.4 Å². The molecule has 0 bridgehead atoms. The molecule has 0 radical (unpaired) electrons. The number of methoxy groups -OCH3 is 1. The first-order chi connectivity index (χ1) is 9.13.